The average Bonchev–Trinajstić information content (AvgIpc) is 3.18. The van der Waals surface area contributed by atoms with E-state index in [1.165, 1.54) is 12.1 Å². The third kappa shape index (κ3) is 4.18. The largest absolute Gasteiger partial charge is 0.492 e. The summed E-state index contributed by atoms with van der Waals surface area (Å²) in [6.07, 6.45) is 1.85. The van der Waals surface area contributed by atoms with Crippen molar-refractivity contribution in [3.8, 4) is 22.8 Å². The molecule has 0 atom stereocenters. The van der Waals surface area contributed by atoms with Gasteiger partial charge in [0.15, 0.2) is 5.78 Å². The summed E-state index contributed by atoms with van der Waals surface area (Å²) in [7, 11) is 1.84. The summed E-state index contributed by atoms with van der Waals surface area (Å²) in [5.41, 5.74) is 2.22. The Morgan fingerprint density at radius 3 is 2.85 bits per heavy atom. The van der Waals surface area contributed by atoms with Crippen molar-refractivity contribution in [1.82, 2.24) is 14.7 Å². The fourth-order valence-electron chi connectivity index (χ4n) is 4.14. The molecule has 2 aliphatic rings. The average molecular weight is 470 g/mol. The highest BCUT2D eigenvalue weighted by Gasteiger charge is 2.34. The molecule has 7 nitrogen and oxygen atoms in total. The molecular weight excluding hydrogens is 449 g/mol. The molecule has 1 saturated heterocycles. The van der Waals surface area contributed by atoms with Crippen LogP contribution in [0.1, 0.15) is 15.9 Å². The van der Waals surface area contributed by atoms with E-state index in [-0.39, 0.29) is 30.3 Å². The summed E-state index contributed by atoms with van der Waals surface area (Å²) in [6, 6.07) is 9.92. The van der Waals surface area contributed by atoms with Gasteiger partial charge in [-0.2, -0.15) is 5.10 Å². The van der Waals surface area contributed by atoms with Gasteiger partial charge in [0.2, 0.25) is 0 Å². The molecule has 170 valence electrons. The number of ketones is 1. The zero-order valence-electron chi connectivity index (χ0n) is 17.9. The Labute approximate surface area is 194 Å². The zero-order valence-corrected chi connectivity index (χ0v) is 18.6. The zero-order chi connectivity index (χ0) is 23.1. The molecule has 0 aliphatic carbocycles. The molecule has 0 bridgehead atoms. The van der Waals surface area contributed by atoms with Crippen LogP contribution in [0.4, 0.5) is 4.39 Å². The SMILES string of the molecule is Cn1nccc1-c1cc(Cl)ccc1OCC1CN(C(=O)c2cc3c(cc2F)OCC(=O)C3)C1. The first-order chi connectivity index (χ1) is 15.9. The molecular formula is C24H21ClFN3O4. The van der Waals surface area contributed by atoms with E-state index in [0.717, 1.165) is 11.3 Å². The number of rotatable bonds is 5. The van der Waals surface area contributed by atoms with Gasteiger partial charge in [-0.05, 0) is 30.3 Å². The van der Waals surface area contributed by atoms with Crippen LogP contribution in [0.5, 0.6) is 11.5 Å². The number of fused-ring (bicyclic) bond motifs is 1. The van der Waals surface area contributed by atoms with Crippen molar-refractivity contribution in [2.24, 2.45) is 13.0 Å². The smallest absolute Gasteiger partial charge is 0.256 e. The number of carbonyl (C=O) groups excluding carboxylic acids is 2. The Hall–Kier alpha value is -3.39. The fraction of sp³-hybridized carbons (Fsp3) is 0.292. The molecule has 1 aromatic heterocycles. The fourth-order valence-corrected chi connectivity index (χ4v) is 4.32. The van der Waals surface area contributed by atoms with E-state index in [9.17, 15) is 14.0 Å². The summed E-state index contributed by atoms with van der Waals surface area (Å²) < 4.78 is 27.5. The number of nitrogens with zero attached hydrogens (tertiary/aromatic N) is 3. The van der Waals surface area contributed by atoms with Crippen LogP contribution in [0.2, 0.25) is 5.02 Å². The number of halogens is 2. The van der Waals surface area contributed by atoms with Gasteiger partial charge >= 0.3 is 0 Å². The summed E-state index contributed by atoms with van der Waals surface area (Å²) in [4.78, 5) is 26.0. The highest BCUT2D eigenvalue weighted by molar-refractivity contribution is 6.31. The quantitative estimate of drug-likeness (QED) is 0.571. The summed E-state index contributed by atoms with van der Waals surface area (Å²) in [6.45, 7) is 1.26. The molecule has 3 heterocycles. The highest BCUT2D eigenvalue weighted by Crippen LogP contribution is 2.33. The van der Waals surface area contributed by atoms with Gasteiger partial charge in [-0.3, -0.25) is 14.3 Å². The minimum absolute atomic E-state index is 0.0392. The summed E-state index contributed by atoms with van der Waals surface area (Å²) >= 11 is 6.18. The van der Waals surface area contributed by atoms with Crippen molar-refractivity contribution in [2.45, 2.75) is 6.42 Å². The van der Waals surface area contributed by atoms with Crippen LogP contribution in [0.3, 0.4) is 0 Å². The van der Waals surface area contributed by atoms with E-state index in [2.05, 4.69) is 5.10 Å². The lowest BCUT2D eigenvalue weighted by Crippen LogP contribution is -2.52. The molecule has 0 saturated carbocycles. The van der Waals surface area contributed by atoms with Crippen molar-refractivity contribution in [2.75, 3.05) is 26.3 Å². The van der Waals surface area contributed by atoms with E-state index in [1.807, 2.05) is 25.2 Å². The number of hydrogen-bond donors (Lipinski definition) is 0. The second kappa shape index (κ2) is 8.51. The van der Waals surface area contributed by atoms with E-state index in [4.69, 9.17) is 21.1 Å². The molecule has 1 fully saturated rings. The third-order valence-electron chi connectivity index (χ3n) is 5.91. The van der Waals surface area contributed by atoms with Crippen LogP contribution in [0.15, 0.2) is 42.6 Å². The minimum atomic E-state index is -0.644. The molecule has 0 N–H and O–H groups in total. The summed E-state index contributed by atoms with van der Waals surface area (Å²) in [5, 5.41) is 4.79. The van der Waals surface area contributed by atoms with Gasteiger partial charge in [-0.15, -0.1) is 0 Å². The summed E-state index contributed by atoms with van der Waals surface area (Å²) in [5.74, 6) is -0.0127. The number of aromatic nitrogens is 2. The van der Waals surface area contributed by atoms with E-state index in [0.29, 0.717) is 41.8 Å². The minimum Gasteiger partial charge on any atom is -0.492 e. The molecule has 2 aromatic carbocycles. The molecule has 3 aromatic rings. The predicted octanol–water partition coefficient (Wildman–Crippen LogP) is 3.53. The first-order valence-electron chi connectivity index (χ1n) is 10.6. The predicted molar refractivity (Wildman–Crippen MR) is 119 cm³/mol. The Kier molecular flexibility index (Phi) is 5.54. The van der Waals surface area contributed by atoms with Gasteiger partial charge in [0, 0.05) is 60.9 Å². The highest BCUT2D eigenvalue weighted by atomic mass is 35.5. The molecule has 1 amide bonds. The molecule has 5 rings (SSSR count). The van der Waals surface area contributed by atoms with Gasteiger partial charge in [0.1, 0.15) is 23.9 Å². The van der Waals surface area contributed by atoms with Crippen molar-refractivity contribution in [3.63, 3.8) is 0 Å². The molecule has 0 spiro atoms. The first-order valence-corrected chi connectivity index (χ1v) is 10.9. The van der Waals surface area contributed by atoms with E-state index >= 15 is 0 Å². The lowest BCUT2D eigenvalue weighted by molar-refractivity contribution is -0.121. The van der Waals surface area contributed by atoms with Crippen LogP contribution in [0.25, 0.3) is 11.3 Å². The maximum Gasteiger partial charge on any atom is 0.256 e. The van der Waals surface area contributed by atoms with Crippen LogP contribution in [-0.4, -0.2) is 52.7 Å². The standard InChI is InChI=1S/C24H21ClFN3O4/c1-28-21(4-5-27-28)19-8-16(25)2-3-22(19)32-12-14-10-29(11-14)24(31)18-7-15-6-17(30)13-33-23(15)9-20(18)26/h2-5,7-9,14H,6,10-13H2,1H3. The van der Waals surface area contributed by atoms with E-state index in [1.54, 1.807) is 21.8 Å². The van der Waals surface area contributed by atoms with Crippen LogP contribution >= 0.6 is 11.6 Å². The first kappa shape index (κ1) is 21.5. The Morgan fingerprint density at radius 1 is 1.27 bits per heavy atom. The Bertz CT molecular complexity index is 1250. The normalized spacial score (nSPS) is 15.6. The van der Waals surface area contributed by atoms with Crippen molar-refractivity contribution >= 4 is 23.3 Å². The van der Waals surface area contributed by atoms with Gasteiger partial charge in [0.05, 0.1) is 17.9 Å². The topological polar surface area (TPSA) is 73.7 Å². The van der Waals surface area contributed by atoms with Gasteiger partial charge in [-0.25, -0.2) is 4.39 Å². The number of carbonyl (C=O) groups is 2. The van der Waals surface area contributed by atoms with Gasteiger partial charge in [-0.1, -0.05) is 11.6 Å². The van der Waals surface area contributed by atoms with Crippen LogP contribution in [0, 0.1) is 11.7 Å². The number of amides is 1. The Balaban J connectivity index is 1.23. The number of likely N-dealkylation sites (tertiary alicyclic amines) is 1. The second-order valence-corrected chi connectivity index (χ2v) is 8.75. The van der Waals surface area contributed by atoms with Crippen molar-refractivity contribution in [1.29, 1.82) is 0 Å². The van der Waals surface area contributed by atoms with Gasteiger partial charge in [0.25, 0.3) is 5.91 Å². The monoisotopic (exact) mass is 469 g/mol. The second-order valence-electron chi connectivity index (χ2n) is 8.31. The van der Waals surface area contributed by atoms with Gasteiger partial charge < -0.3 is 14.4 Å². The maximum atomic E-state index is 14.5. The number of Topliss-reactive ketones (excluding diaryl/α,β-unsaturated/α-hetero) is 1. The molecule has 0 radical (unpaired) electrons. The number of aryl methyl sites for hydroxylation is 1. The molecule has 9 heteroatoms. The van der Waals surface area contributed by atoms with E-state index < -0.39 is 11.7 Å². The number of ether oxygens (including phenoxy) is 2. The Morgan fingerprint density at radius 2 is 2.09 bits per heavy atom. The number of benzene rings is 2. The van der Waals surface area contributed by atoms with Crippen LogP contribution in [-0.2, 0) is 18.3 Å². The van der Waals surface area contributed by atoms with Crippen LogP contribution < -0.4 is 9.47 Å². The number of hydrogen-bond acceptors (Lipinski definition) is 5. The van der Waals surface area contributed by atoms with Crippen molar-refractivity contribution < 1.29 is 23.5 Å². The van der Waals surface area contributed by atoms with Crippen molar-refractivity contribution in [3.05, 3.63) is 64.6 Å². The molecule has 2 aliphatic heterocycles. The third-order valence-corrected chi connectivity index (χ3v) is 6.15. The lowest BCUT2D eigenvalue weighted by Gasteiger charge is -2.39. The maximum absolute atomic E-state index is 14.5. The molecule has 0 unspecified atom stereocenters. The lowest BCUT2D eigenvalue weighted by atomic mass is 9.97. The molecule has 33 heavy (non-hydrogen) atoms.